The molecule has 0 bridgehead atoms. The van der Waals surface area contributed by atoms with E-state index in [-0.39, 0.29) is 30.3 Å². The van der Waals surface area contributed by atoms with Gasteiger partial charge in [-0.15, -0.1) is 0 Å². The van der Waals surface area contributed by atoms with Gasteiger partial charge in [-0.2, -0.15) is 0 Å². The van der Waals surface area contributed by atoms with Crippen molar-refractivity contribution in [3.8, 4) is 5.75 Å². The van der Waals surface area contributed by atoms with Gasteiger partial charge in [-0.05, 0) is 80.3 Å². The molecule has 188 valence electrons. The summed E-state index contributed by atoms with van der Waals surface area (Å²) in [6.45, 7) is 8.45. The number of carbonyl (C=O) groups excluding carboxylic acids is 3. The molecule has 1 aromatic heterocycles. The van der Waals surface area contributed by atoms with Gasteiger partial charge in [-0.3, -0.25) is 19.4 Å². The second-order valence-corrected chi connectivity index (χ2v) is 9.72. The Morgan fingerprint density at radius 1 is 0.944 bits per heavy atom. The summed E-state index contributed by atoms with van der Waals surface area (Å²) in [6.07, 6.45) is 4.89. The quantitative estimate of drug-likeness (QED) is 0.238. The number of amides is 1. The molecule has 0 spiro atoms. The highest BCUT2D eigenvalue weighted by atomic mass is 16.5. The van der Waals surface area contributed by atoms with Crippen LogP contribution in [0.5, 0.6) is 5.75 Å². The molecule has 3 rings (SSSR count). The van der Waals surface area contributed by atoms with Gasteiger partial charge in [0.05, 0.1) is 12.2 Å². The van der Waals surface area contributed by atoms with Gasteiger partial charge in [0.1, 0.15) is 11.5 Å². The van der Waals surface area contributed by atoms with Crippen molar-refractivity contribution in [1.82, 2.24) is 4.98 Å². The van der Waals surface area contributed by atoms with E-state index in [1.807, 2.05) is 39.8 Å². The average Bonchev–Trinajstić information content (AvgIpc) is 2.87. The Morgan fingerprint density at radius 2 is 1.69 bits per heavy atom. The smallest absolute Gasteiger partial charge is 0.257 e. The molecule has 0 aliphatic rings. The zero-order valence-electron chi connectivity index (χ0n) is 21.5. The molecule has 0 unspecified atom stereocenters. The minimum atomic E-state index is -0.522. The maximum absolute atomic E-state index is 12.8. The zero-order valence-corrected chi connectivity index (χ0v) is 21.5. The van der Waals surface area contributed by atoms with Gasteiger partial charge in [0.15, 0.2) is 5.78 Å². The Balaban J connectivity index is 1.43. The van der Waals surface area contributed by atoms with Crippen molar-refractivity contribution in [1.29, 1.82) is 0 Å². The van der Waals surface area contributed by atoms with E-state index in [0.717, 1.165) is 23.3 Å². The Kier molecular flexibility index (Phi) is 9.12. The van der Waals surface area contributed by atoms with Gasteiger partial charge in [0, 0.05) is 41.9 Å². The number of ether oxygens (including phenoxy) is 1. The van der Waals surface area contributed by atoms with Crippen molar-refractivity contribution in [2.75, 3.05) is 11.9 Å². The number of hydrogen-bond donors (Lipinski definition) is 1. The molecule has 0 saturated heterocycles. The van der Waals surface area contributed by atoms with Crippen molar-refractivity contribution >= 4 is 23.2 Å². The maximum atomic E-state index is 12.8. The van der Waals surface area contributed by atoms with Crippen LogP contribution < -0.4 is 10.1 Å². The first-order valence-electron chi connectivity index (χ1n) is 12.2. The summed E-state index contributed by atoms with van der Waals surface area (Å²) in [5.41, 5.74) is 3.28. The van der Waals surface area contributed by atoms with Crippen LogP contribution in [0.1, 0.15) is 71.4 Å². The highest BCUT2D eigenvalue weighted by Crippen LogP contribution is 2.27. The number of aromatic nitrogens is 1. The van der Waals surface area contributed by atoms with Crippen LogP contribution in [0.4, 0.5) is 5.69 Å². The van der Waals surface area contributed by atoms with E-state index in [0.29, 0.717) is 29.8 Å². The lowest BCUT2D eigenvalue weighted by atomic mass is 9.81. The molecule has 0 atom stereocenters. The summed E-state index contributed by atoms with van der Waals surface area (Å²) >= 11 is 0. The lowest BCUT2D eigenvalue weighted by Gasteiger charge is -2.23. The van der Waals surface area contributed by atoms with E-state index in [1.54, 1.807) is 42.6 Å². The molecular weight excluding hydrogens is 452 g/mol. The van der Waals surface area contributed by atoms with Gasteiger partial charge in [-0.25, -0.2) is 0 Å². The molecule has 0 saturated carbocycles. The number of hydrogen-bond acceptors (Lipinski definition) is 5. The fourth-order valence-corrected chi connectivity index (χ4v) is 3.85. The topological polar surface area (TPSA) is 85.4 Å². The molecule has 0 fully saturated rings. The number of anilines is 1. The van der Waals surface area contributed by atoms with Crippen molar-refractivity contribution in [3.63, 3.8) is 0 Å². The second-order valence-electron chi connectivity index (χ2n) is 9.72. The first kappa shape index (κ1) is 26.8. The Labute approximate surface area is 213 Å². The molecule has 0 radical (unpaired) electrons. The van der Waals surface area contributed by atoms with Crippen LogP contribution in [-0.2, 0) is 4.79 Å². The minimum Gasteiger partial charge on any atom is -0.493 e. The molecule has 0 aliphatic carbocycles. The van der Waals surface area contributed by atoms with Crippen molar-refractivity contribution in [2.24, 2.45) is 5.41 Å². The van der Waals surface area contributed by atoms with E-state index < -0.39 is 5.41 Å². The van der Waals surface area contributed by atoms with Crippen LogP contribution in [0.15, 0.2) is 67.0 Å². The van der Waals surface area contributed by atoms with Gasteiger partial charge in [0.25, 0.3) is 5.91 Å². The summed E-state index contributed by atoms with van der Waals surface area (Å²) in [7, 11) is 0. The van der Waals surface area contributed by atoms with Crippen molar-refractivity contribution < 1.29 is 19.1 Å². The van der Waals surface area contributed by atoms with Crippen LogP contribution in [0.25, 0.3) is 0 Å². The number of ketones is 2. The molecule has 36 heavy (non-hydrogen) atoms. The van der Waals surface area contributed by atoms with E-state index in [9.17, 15) is 14.4 Å². The molecule has 1 N–H and O–H groups in total. The normalized spacial score (nSPS) is 11.1. The first-order valence-corrected chi connectivity index (χ1v) is 12.2. The molecule has 6 heteroatoms. The van der Waals surface area contributed by atoms with Crippen LogP contribution in [0.3, 0.4) is 0 Å². The van der Waals surface area contributed by atoms with E-state index in [1.165, 1.54) is 6.20 Å². The summed E-state index contributed by atoms with van der Waals surface area (Å²) in [5, 5.41) is 2.78. The summed E-state index contributed by atoms with van der Waals surface area (Å²) < 4.78 is 5.91. The average molecular weight is 487 g/mol. The molecular formula is C30H34N2O4. The highest BCUT2D eigenvalue weighted by molar-refractivity contribution is 6.04. The number of benzene rings is 2. The van der Waals surface area contributed by atoms with E-state index >= 15 is 0 Å². The fourth-order valence-electron chi connectivity index (χ4n) is 3.85. The summed E-state index contributed by atoms with van der Waals surface area (Å²) in [5.74, 6) is 0.590. The lowest BCUT2D eigenvalue weighted by molar-refractivity contribution is -0.127. The van der Waals surface area contributed by atoms with E-state index in [2.05, 4.69) is 16.4 Å². The van der Waals surface area contributed by atoms with E-state index in [4.69, 9.17) is 4.74 Å². The van der Waals surface area contributed by atoms with Crippen LogP contribution in [0.2, 0.25) is 0 Å². The molecule has 2 aromatic carbocycles. The predicted octanol–water partition coefficient (Wildman–Crippen LogP) is 6.37. The predicted molar refractivity (Wildman–Crippen MR) is 142 cm³/mol. The number of carbonyl (C=O) groups is 3. The van der Waals surface area contributed by atoms with Crippen LogP contribution >= 0.6 is 0 Å². The summed E-state index contributed by atoms with van der Waals surface area (Å²) in [6, 6.07) is 16.2. The number of nitrogens with zero attached hydrogens (tertiary/aromatic N) is 1. The van der Waals surface area contributed by atoms with Crippen LogP contribution in [-0.4, -0.2) is 29.1 Å². The molecule has 1 amide bonds. The largest absolute Gasteiger partial charge is 0.493 e. The zero-order chi connectivity index (χ0) is 26.1. The van der Waals surface area contributed by atoms with Gasteiger partial charge in [0.2, 0.25) is 0 Å². The van der Waals surface area contributed by atoms with Gasteiger partial charge < -0.3 is 10.1 Å². The van der Waals surface area contributed by atoms with Crippen molar-refractivity contribution in [2.45, 2.75) is 53.4 Å². The Bertz CT molecular complexity index is 1200. The fraction of sp³-hybridized carbons (Fsp3) is 0.333. The number of Topliss-reactive ketones (excluding diaryl/α,β-unsaturated/α-hetero) is 2. The van der Waals surface area contributed by atoms with Crippen molar-refractivity contribution in [3.05, 3.63) is 89.2 Å². The van der Waals surface area contributed by atoms with Gasteiger partial charge >= 0.3 is 0 Å². The van der Waals surface area contributed by atoms with Gasteiger partial charge in [-0.1, -0.05) is 26.0 Å². The SMILES string of the molecule is Cc1ccc(C)c(OCCCC(C)(C)C(=O)CCC(=O)c2ccc(NC(=O)c3cccnc3)cc2)c1. The molecule has 0 aliphatic heterocycles. The highest BCUT2D eigenvalue weighted by Gasteiger charge is 2.27. The number of pyridine rings is 1. The second kappa shape index (κ2) is 12.2. The standard InChI is InChI=1S/C30H34N2O4/c1-21-8-9-22(2)27(19-21)36-18-6-16-30(3,4)28(34)15-14-26(33)23-10-12-25(13-11-23)32-29(35)24-7-5-17-31-20-24/h5,7-13,17,19-20H,6,14-16,18H2,1-4H3,(H,32,35). The number of rotatable bonds is 12. The third-order valence-corrected chi connectivity index (χ3v) is 6.27. The Hall–Kier alpha value is -3.80. The third-order valence-electron chi connectivity index (χ3n) is 6.27. The summed E-state index contributed by atoms with van der Waals surface area (Å²) in [4.78, 5) is 41.6. The number of aryl methyl sites for hydroxylation is 2. The Morgan fingerprint density at radius 3 is 2.39 bits per heavy atom. The molecule has 6 nitrogen and oxygen atoms in total. The minimum absolute atomic E-state index is 0.0722. The molecule has 3 aromatic rings. The lowest BCUT2D eigenvalue weighted by Crippen LogP contribution is -2.25. The number of nitrogens with one attached hydrogen (secondary N) is 1. The molecule has 1 heterocycles. The van der Waals surface area contributed by atoms with Crippen LogP contribution in [0, 0.1) is 19.3 Å². The third kappa shape index (κ3) is 7.60. The first-order chi connectivity index (χ1) is 17.2. The monoisotopic (exact) mass is 486 g/mol. The maximum Gasteiger partial charge on any atom is 0.257 e.